The van der Waals surface area contributed by atoms with Gasteiger partial charge in [0.15, 0.2) is 6.54 Å². The highest BCUT2D eigenvalue weighted by Gasteiger charge is 2.25. The van der Waals surface area contributed by atoms with Crippen LogP contribution in [0.2, 0.25) is 0 Å². The number of hydrogen-bond acceptors (Lipinski definition) is 3. The van der Waals surface area contributed by atoms with Gasteiger partial charge >= 0.3 is 0 Å². The molecular formula is C19H29N5O2+2. The maximum Gasteiger partial charge on any atom is 0.275 e. The van der Waals surface area contributed by atoms with Gasteiger partial charge in [0.25, 0.3) is 11.5 Å². The smallest absolute Gasteiger partial charge is 0.275 e. The first-order chi connectivity index (χ1) is 12.6. The van der Waals surface area contributed by atoms with Crippen LogP contribution in [0.1, 0.15) is 24.7 Å². The summed E-state index contributed by atoms with van der Waals surface area (Å²) >= 11 is 0. The fraction of sp³-hybridized carbons (Fsp3) is 0.526. The van der Waals surface area contributed by atoms with Crippen molar-refractivity contribution in [3.63, 3.8) is 0 Å². The molecular weight excluding hydrogens is 330 g/mol. The highest BCUT2D eigenvalue weighted by atomic mass is 16.2. The van der Waals surface area contributed by atoms with E-state index in [0.717, 1.165) is 57.1 Å². The molecule has 2 aromatic rings. The molecule has 0 aliphatic carbocycles. The van der Waals surface area contributed by atoms with E-state index >= 15 is 0 Å². The minimum absolute atomic E-state index is 0.0145. The highest BCUT2D eigenvalue weighted by Crippen LogP contribution is 2.02. The van der Waals surface area contributed by atoms with E-state index in [4.69, 9.17) is 0 Å². The predicted octanol–water partition coefficient (Wildman–Crippen LogP) is -2.19. The zero-order chi connectivity index (χ0) is 18.5. The number of aryl methyl sites for hydroxylation is 1. The summed E-state index contributed by atoms with van der Waals surface area (Å²) in [4.78, 5) is 31.7. The number of amides is 1. The number of aromatic nitrogens is 2. The van der Waals surface area contributed by atoms with Crippen LogP contribution in [-0.4, -0.2) is 54.6 Å². The molecule has 1 fully saturated rings. The first-order valence-corrected chi connectivity index (χ1v) is 9.49. The zero-order valence-corrected chi connectivity index (χ0v) is 15.7. The number of hydrogen-bond donors (Lipinski definition) is 3. The van der Waals surface area contributed by atoms with Crippen LogP contribution >= 0.6 is 0 Å². The summed E-state index contributed by atoms with van der Waals surface area (Å²) in [7, 11) is 0. The van der Waals surface area contributed by atoms with Crippen LogP contribution in [0.5, 0.6) is 0 Å². The SMILES string of the molecule is CCCNC(=O)C[NH+]1CC[NH+](Cc2cc(=O)n3c(C)cccc3n2)CC1. The maximum absolute atomic E-state index is 12.4. The molecule has 0 saturated carbocycles. The molecule has 7 nitrogen and oxygen atoms in total. The number of rotatable bonds is 6. The third kappa shape index (κ3) is 4.47. The lowest BCUT2D eigenvalue weighted by molar-refractivity contribution is -1.02. The Morgan fingerprint density at radius 1 is 1.23 bits per heavy atom. The molecule has 1 amide bonds. The van der Waals surface area contributed by atoms with E-state index in [1.807, 2.05) is 25.1 Å². The molecule has 0 unspecified atom stereocenters. The number of carbonyl (C=O) groups excluding carboxylic acids is 1. The van der Waals surface area contributed by atoms with Crippen molar-refractivity contribution in [1.29, 1.82) is 0 Å². The van der Waals surface area contributed by atoms with Crippen LogP contribution < -0.4 is 20.7 Å². The number of fused-ring (bicyclic) bond motifs is 1. The Bertz CT molecular complexity index is 824. The van der Waals surface area contributed by atoms with Crippen molar-refractivity contribution in [2.45, 2.75) is 26.8 Å². The Kier molecular flexibility index (Phi) is 6.00. The van der Waals surface area contributed by atoms with E-state index in [2.05, 4.69) is 17.2 Å². The summed E-state index contributed by atoms with van der Waals surface area (Å²) in [6.07, 6.45) is 0.970. The number of nitrogens with zero attached hydrogens (tertiary/aromatic N) is 2. The molecule has 1 aliphatic rings. The second-order valence-corrected chi connectivity index (χ2v) is 7.15. The van der Waals surface area contributed by atoms with E-state index in [0.29, 0.717) is 12.2 Å². The molecule has 3 rings (SSSR count). The Balaban J connectivity index is 1.57. The van der Waals surface area contributed by atoms with E-state index in [9.17, 15) is 9.59 Å². The van der Waals surface area contributed by atoms with Gasteiger partial charge in [-0.2, -0.15) is 0 Å². The number of nitrogens with one attached hydrogen (secondary N) is 3. The van der Waals surface area contributed by atoms with Gasteiger partial charge in [0.2, 0.25) is 0 Å². The summed E-state index contributed by atoms with van der Waals surface area (Å²) < 4.78 is 1.65. The van der Waals surface area contributed by atoms with Gasteiger partial charge in [0.1, 0.15) is 44.1 Å². The van der Waals surface area contributed by atoms with Crippen molar-refractivity contribution in [1.82, 2.24) is 14.7 Å². The number of carbonyl (C=O) groups is 1. The lowest BCUT2D eigenvalue weighted by Crippen LogP contribution is -3.28. The van der Waals surface area contributed by atoms with Crippen LogP contribution in [0.4, 0.5) is 0 Å². The molecule has 0 spiro atoms. The first kappa shape index (κ1) is 18.5. The van der Waals surface area contributed by atoms with Crippen molar-refractivity contribution in [3.05, 3.63) is 46.0 Å². The molecule has 0 aromatic carbocycles. The lowest BCUT2D eigenvalue weighted by Gasteiger charge is -2.29. The third-order valence-electron chi connectivity index (χ3n) is 5.01. The molecule has 0 bridgehead atoms. The third-order valence-corrected chi connectivity index (χ3v) is 5.01. The number of quaternary nitrogens is 2. The monoisotopic (exact) mass is 359 g/mol. The van der Waals surface area contributed by atoms with E-state index in [1.54, 1.807) is 10.5 Å². The van der Waals surface area contributed by atoms with Gasteiger partial charge in [-0.1, -0.05) is 13.0 Å². The lowest BCUT2D eigenvalue weighted by atomic mass is 10.2. The van der Waals surface area contributed by atoms with Crippen LogP contribution in [0.3, 0.4) is 0 Å². The van der Waals surface area contributed by atoms with Crippen LogP contribution in [0, 0.1) is 6.92 Å². The molecule has 0 radical (unpaired) electrons. The van der Waals surface area contributed by atoms with E-state index in [1.165, 1.54) is 9.80 Å². The minimum atomic E-state index is -0.0145. The zero-order valence-electron chi connectivity index (χ0n) is 15.7. The average Bonchev–Trinajstić information content (AvgIpc) is 2.61. The van der Waals surface area contributed by atoms with Gasteiger partial charge in [0.05, 0.1) is 0 Å². The van der Waals surface area contributed by atoms with Gasteiger partial charge in [-0.05, 0) is 25.5 Å². The van der Waals surface area contributed by atoms with Gasteiger partial charge in [-0.15, -0.1) is 0 Å². The second kappa shape index (κ2) is 8.42. The summed E-state index contributed by atoms with van der Waals surface area (Å²) in [6.45, 7) is 9.98. The molecule has 140 valence electrons. The summed E-state index contributed by atoms with van der Waals surface area (Å²) in [5.74, 6) is 0.143. The normalized spacial score (nSPS) is 20.2. The second-order valence-electron chi connectivity index (χ2n) is 7.15. The van der Waals surface area contributed by atoms with Gasteiger partial charge in [-0.3, -0.25) is 14.0 Å². The molecule has 1 aliphatic heterocycles. The van der Waals surface area contributed by atoms with E-state index in [-0.39, 0.29) is 11.5 Å². The van der Waals surface area contributed by atoms with Crippen molar-refractivity contribution in [3.8, 4) is 0 Å². The van der Waals surface area contributed by atoms with Crippen molar-refractivity contribution in [2.75, 3.05) is 39.3 Å². The predicted molar refractivity (Wildman–Crippen MR) is 99.5 cm³/mol. The van der Waals surface area contributed by atoms with Gasteiger partial charge in [-0.25, -0.2) is 4.98 Å². The Hall–Kier alpha value is -2.25. The average molecular weight is 359 g/mol. The van der Waals surface area contributed by atoms with Crippen LogP contribution in [-0.2, 0) is 11.3 Å². The summed E-state index contributed by atoms with van der Waals surface area (Å²) in [5, 5.41) is 2.94. The quantitative estimate of drug-likeness (QED) is 0.549. The molecule has 3 heterocycles. The largest absolute Gasteiger partial charge is 0.351 e. The number of pyridine rings is 1. The van der Waals surface area contributed by atoms with Crippen molar-refractivity contribution >= 4 is 11.6 Å². The fourth-order valence-electron chi connectivity index (χ4n) is 3.58. The Labute approximate surface area is 153 Å². The molecule has 7 heteroatoms. The van der Waals surface area contributed by atoms with Gasteiger partial charge < -0.3 is 15.1 Å². The Morgan fingerprint density at radius 3 is 2.69 bits per heavy atom. The van der Waals surface area contributed by atoms with Crippen LogP contribution in [0.15, 0.2) is 29.1 Å². The Morgan fingerprint density at radius 2 is 1.96 bits per heavy atom. The minimum Gasteiger partial charge on any atom is -0.351 e. The summed E-state index contributed by atoms with van der Waals surface area (Å²) in [6, 6.07) is 7.38. The van der Waals surface area contributed by atoms with Crippen LogP contribution in [0.25, 0.3) is 5.65 Å². The maximum atomic E-state index is 12.4. The standard InChI is InChI=1S/C19H27N5O2/c1-3-7-20-18(25)14-23-10-8-22(9-11-23)13-16-12-19(26)24-15(2)5-4-6-17(24)21-16/h4-6,12H,3,7-11,13-14H2,1-2H3,(H,20,25)/p+2. The van der Waals surface area contributed by atoms with Crippen molar-refractivity contribution < 1.29 is 14.6 Å². The topological polar surface area (TPSA) is 72.3 Å². The molecule has 0 atom stereocenters. The molecule has 2 aromatic heterocycles. The molecule has 3 N–H and O–H groups in total. The molecule has 1 saturated heterocycles. The number of piperazine rings is 1. The highest BCUT2D eigenvalue weighted by molar-refractivity contribution is 5.76. The molecule has 26 heavy (non-hydrogen) atoms. The summed E-state index contributed by atoms with van der Waals surface area (Å²) in [5.41, 5.74) is 2.44. The fourth-order valence-corrected chi connectivity index (χ4v) is 3.58. The van der Waals surface area contributed by atoms with Crippen molar-refractivity contribution in [2.24, 2.45) is 0 Å². The van der Waals surface area contributed by atoms with Gasteiger partial charge in [0, 0.05) is 18.3 Å². The first-order valence-electron chi connectivity index (χ1n) is 9.49. The van der Waals surface area contributed by atoms with E-state index < -0.39 is 0 Å².